The average Bonchev–Trinajstić information content (AvgIpc) is 3.11. The summed E-state index contributed by atoms with van der Waals surface area (Å²) in [6.07, 6.45) is 0. The number of hydrogen-bond donors (Lipinski definition) is 1. The van der Waals surface area contributed by atoms with Gasteiger partial charge in [0.1, 0.15) is 12.6 Å². The molecule has 1 aromatic heterocycles. The molecule has 5 heteroatoms. The smallest absolute Gasteiger partial charge is 0.340 e. The third kappa shape index (κ3) is 2.39. The van der Waals surface area contributed by atoms with Gasteiger partial charge in [-0.3, -0.25) is 0 Å². The lowest BCUT2D eigenvalue weighted by atomic mass is 10.1. The number of aryl methyl sites for hydroxylation is 2. The van der Waals surface area contributed by atoms with Crippen LogP contribution in [0.3, 0.4) is 0 Å². The molecular weight excluding hydrogens is 280 g/mol. The maximum Gasteiger partial charge on any atom is 0.340 e. The number of nitrogens with one attached hydrogen (secondary N) is 1. The molecule has 1 aromatic carbocycles. The Morgan fingerprint density at radius 1 is 1.27 bits per heavy atom. The summed E-state index contributed by atoms with van der Waals surface area (Å²) in [6.45, 7) is 4.22. The van der Waals surface area contributed by atoms with E-state index in [1.165, 1.54) is 7.11 Å². The molecule has 0 amide bonds. The highest BCUT2D eigenvalue weighted by molar-refractivity contribution is 6.07. The normalized spacial score (nSPS) is 17.0. The van der Waals surface area contributed by atoms with Gasteiger partial charge in [0, 0.05) is 11.4 Å². The van der Waals surface area contributed by atoms with Crippen molar-refractivity contribution < 1.29 is 14.3 Å². The molecule has 1 N–H and O–H groups in total. The summed E-state index contributed by atoms with van der Waals surface area (Å²) in [7, 11) is 1.37. The Bertz CT molecular complexity index is 732. The van der Waals surface area contributed by atoms with Gasteiger partial charge in [-0.1, -0.05) is 30.3 Å². The first-order valence-corrected chi connectivity index (χ1v) is 7.15. The van der Waals surface area contributed by atoms with Crippen LogP contribution in [0.15, 0.2) is 35.3 Å². The van der Waals surface area contributed by atoms with Gasteiger partial charge < -0.3 is 14.5 Å². The van der Waals surface area contributed by atoms with Crippen LogP contribution in [0.2, 0.25) is 0 Å². The number of aromatic amines is 1. The van der Waals surface area contributed by atoms with E-state index in [1.807, 2.05) is 44.2 Å². The Labute approximate surface area is 129 Å². The topological polar surface area (TPSA) is 63.7 Å². The molecule has 0 radical (unpaired) electrons. The van der Waals surface area contributed by atoms with Crippen molar-refractivity contribution in [3.63, 3.8) is 0 Å². The van der Waals surface area contributed by atoms with E-state index in [1.54, 1.807) is 0 Å². The first-order valence-electron chi connectivity index (χ1n) is 7.15. The van der Waals surface area contributed by atoms with Crippen molar-refractivity contribution in [1.29, 1.82) is 0 Å². The van der Waals surface area contributed by atoms with E-state index < -0.39 is 0 Å². The Morgan fingerprint density at radius 3 is 2.68 bits per heavy atom. The Kier molecular flexibility index (Phi) is 3.71. The average molecular weight is 298 g/mol. The molecule has 1 unspecified atom stereocenters. The zero-order chi connectivity index (χ0) is 15.7. The monoisotopic (exact) mass is 298 g/mol. The van der Waals surface area contributed by atoms with Crippen molar-refractivity contribution in [2.45, 2.75) is 19.9 Å². The minimum Gasteiger partial charge on any atom is -0.475 e. The zero-order valence-electron chi connectivity index (χ0n) is 12.8. The third-order valence-corrected chi connectivity index (χ3v) is 3.81. The first kappa shape index (κ1) is 14.4. The second-order valence-electron chi connectivity index (χ2n) is 5.29. The number of ether oxygens (including phenoxy) is 2. The summed E-state index contributed by atoms with van der Waals surface area (Å²) in [6, 6.07) is 9.94. The number of nitrogens with zero attached hydrogens (tertiary/aromatic N) is 1. The van der Waals surface area contributed by atoms with E-state index in [4.69, 9.17) is 9.47 Å². The highest BCUT2D eigenvalue weighted by atomic mass is 16.5. The molecule has 5 nitrogen and oxygen atoms in total. The molecule has 114 valence electrons. The second-order valence-corrected chi connectivity index (χ2v) is 5.29. The largest absolute Gasteiger partial charge is 0.475 e. The van der Waals surface area contributed by atoms with Crippen LogP contribution in [0.25, 0.3) is 0 Å². The number of esters is 1. The maximum atomic E-state index is 12.0. The molecule has 3 rings (SSSR count). The van der Waals surface area contributed by atoms with Crippen molar-refractivity contribution >= 4 is 11.9 Å². The summed E-state index contributed by atoms with van der Waals surface area (Å²) >= 11 is 0. The molecule has 1 aliphatic heterocycles. The van der Waals surface area contributed by atoms with Gasteiger partial charge in [-0.25, -0.2) is 9.79 Å². The standard InChI is InChI=1S/C17H18N2O3/c1-10-14(15(11(2)18-10)17(20)21-3)16-19-13(9-22-16)12-7-5-4-6-8-12/h4-8,13,18H,9H2,1-3H3. The SMILES string of the molecule is COC(=O)c1c(C)[nH]c(C)c1C1=NC(c2ccccc2)CO1. The number of rotatable bonds is 3. The van der Waals surface area contributed by atoms with Crippen LogP contribution in [-0.2, 0) is 9.47 Å². The number of benzene rings is 1. The molecule has 2 heterocycles. The van der Waals surface area contributed by atoms with Gasteiger partial charge in [0.2, 0.25) is 5.90 Å². The number of hydrogen-bond acceptors (Lipinski definition) is 4. The molecule has 0 saturated carbocycles. The Hall–Kier alpha value is -2.56. The number of H-pyrrole nitrogens is 1. The van der Waals surface area contributed by atoms with Crippen LogP contribution in [0.5, 0.6) is 0 Å². The highest BCUT2D eigenvalue weighted by Gasteiger charge is 2.29. The molecule has 1 aliphatic rings. The lowest BCUT2D eigenvalue weighted by Gasteiger charge is -2.04. The summed E-state index contributed by atoms with van der Waals surface area (Å²) in [5.74, 6) is 0.113. The molecule has 22 heavy (non-hydrogen) atoms. The maximum absolute atomic E-state index is 12.0. The van der Waals surface area contributed by atoms with Crippen LogP contribution in [0.4, 0.5) is 0 Å². The Morgan fingerprint density at radius 2 is 2.00 bits per heavy atom. The van der Waals surface area contributed by atoms with Crippen LogP contribution in [0.1, 0.15) is 38.9 Å². The minimum atomic E-state index is -0.383. The molecular formula is C17H18N2O3. The quantitative estimate of drug-likeness (QED) is 0.886. The fourth-order valence-corrected chi connectivity index (χ4v) is 2.76. The molecule has 0 spiro atoms. The van der Waals surface area contributed by atoms with Gasteiger partial charge in [-0.2, -0.15) is 0 Å². The van der Waals surface area contributed by atoms with E-state index in [2.05, 4.69) is 9.98 Å². The molecule has 0 saturated heterocycles. The molecule has 1 atom stereocenters. The number of aromatic nitrogens is 1. The lowest BCUT2D eigenvalue weighted by molar-refractivity contribution is 0.0599. The van der Waals surface area contributed by atoms with Crippen molar-refractivity contribution in [3.05, 3.63) is 58.4 Å². The molecule has 0 bridgehead atoms. The van der Waals surface area contributed by atoms with Crippen LogP contribution in [-0.4, -0.2) is 30.6 Å². The fraction of sp³-hybridized carbons (Fsp3) is 0.294. The van der Waals surface area contributed by atoms with Crippen molar-refractivity contribution in [3.8, 4) is 0 Å². The van der Waals surface area contributed by atoms with Crippen LogP contribution < -0.4 is 0 Å². The summed E-state index contributed by atoms with van der Waals surface area (Å²) < 4.78 is 10.6. The van der Waals surface area contributed by atoms with Crippen LogP contribution >= 0.6 is 0 Å². The Balaban J connectivity index is 2.01. The predicted octanol–water partition coefficient (Wildman–Crippen LogP) is 2.94. The third-order valence-electron chi connectivity index (χ3n) is 3.81. The summed E-state index contributed by atoms with van der Waals surface area (Å²) in [4.78, 5) is 19.8. The van der Waals surface area contributed by atoms with Gasteiger partial charge in [0.25, 0.3) is 0 Å². The van der Waals surface area contributed by atoms with E-state index in [9.17, 15) is 4.79 Å². The van der Waals surface area contributed by atoms with Gasteiger partial charge in [-0.15, -0.1) is 0 Å². The lowest BCUT2D eigenvalue weighted by Crippen LogP contribution is -2.11. The van der Waals surface area contributed by atoms with E-state index in [0.29, 0.717) is 23.6 Å². The second kappa shape index (κ2) is 5.67. The van der Waals surface area contributed by atoms with Gasteiger partial charge in [-0.05, 0) is 19.4 Å². The van der Waals surface area contributed by atoms with Gasteiger partial charge >= 0.3 is 5.97 Å². The van der Waals surface area contributed by atoms with Gasteiger partial charge in [0.05, 0.1) is 18.2 Å². The summed E-state index contributed by atoms with van der Waals surface area (Å²) in [5, 5.41) is 0. The minimum absolute atomic E-state index is 0.0451. The van der Waals surface area contributed by atoms with E-state index in [0.717, 1.165) is 17.0 Å². The van der Waals surface area contributed by atoms with Crippen molar-refractivity contribution in [1.82, 2.24) is 4.98 Å². The van der Waals surface area contributed by atoms with Crippen molar-refractivity contribution in [2.75, 3.05) is 13.7 Å². The summed E-state index contributed by atoms with van der Waals surface area (Å²) in [5.41, 5.74) is 3.90. The fourth-order valence-electron chi connectivity index (χ4n) is 2.76. The number of aliphatic imine (C=N–C) groups is 1. The number of carbonyl (C=O) groups excluding carboxylic acids is 1. The van der Waals surface area contributed by atoms with E-state index in [-0.39, 0.29) is 12.0 Å². The predicted molar refractivity (Wildman–Crippen MR) is 83.3 cm³/mol. The molecule has 0 fully saturated rings. The van der Waals surface area contributed by atoms with Gasteiger partial charge in [0.15, 0.2) is 0 Å². The highest BCUT2D eigenvalue weighted by Crippen LogP contribution is 2.28. The molecule has 2 aromatic rings. The number of methoxy groups -OCH3 is 1. The zero-order valence-corrected chi connectivity index (χ0v) is 12.8. The first-order chi connectivity index (χ1) is 10.6. The van der Waals surface area contributed by atoms with Crippen LogP contribution in [0, 0.1) is 13.8 Å². The van der Waals surface area contributed by atoms with Crippen molar-refractivity contribution in [2.24, 2.45) is 4.99 Å². The van der Waals surface area contributed by atoms with E-state index >= 15 is 0 Å². The number of carbonyl (C=O) groups is 1. The molecule has 0 aliphatic carbocycles.